The normalized spacial score (nSPS) is 17.6. The highest BCUT2D eigenvalue weighted by atomic mass is 16.6. The topological polar surface area (TPSA) is 100.0 Å². The van der Waals surface area contributed by atoms with E-state index in [1.165, 1.54) is 4.90 Å². The van der Waals surface area contributed by atoms with Gasteiger partial charge in [-0.1, -0.05) is 18.2 Å². The summed E-state index contributed by atoms with van der Waals surface area (Å²) in [5.74, 6) is -0.193. The molecule has 3 heterocycles. The average molecular weight is 492 g/mol. The Hall–Kier alpha value is -3.72. The minimum absolute atomic E-state index is 0.00895. The lowest BCUT2D eigenvalue weighted by Crippen LogP contribution is -2.31. The molecule has 0 bridgehead atoms. The Morgan fingerprint density at radius 2 is 1.81 bits per heavy atom. The molecule has 0 aliphatic carbocycles. The van der Waals surface area contributed by atoms with Crippen LogP contribution in [0, 0.1) is 0 Å². The molecule has 5 rings (SSSR count). The predicted octanol–water partition coefficient (Wildman–Crippen LogP) is 3.73. The summed E-state index contributed by atoms with van der Waals surface area (Å²) >= 11 is 0. The first-order chi connectivity index (χ1) is 17.2. The number of imidazole rings is 1. The van der Waals surface area contributed by atoms with E-state index in [1.807, 2.05) is 16.7 Å². The van der Waals surface area contributed by atoms with Gasteiger partial charge in [-0.05, 0) is 57.9 Å². The van der Waals surface area contributed by atoms with Gasteiger partial charge >= 0.3 is 5.97 Å². The lowest BCUT2D eigenvalue weighted by Gasteiger charge is -2.19. The fraction of sp³-hybridized carbons (Fsp3) is 0.407. The van der Waals surface area contributed by atoms with E-state index in [0.29, 0.717) is 41.4 Å². The first-order valence-corrected chi connectivity index (χ1v) is 12.1. The Morgan fingerprint density at radius 1 is 1.08 bits per heavy atom. The van der Waals surface area contributed by atoms with E-state index < -0.39 is 11.6 Å². The number of ether oxygens (including phenoxy) is 3. The number of amides is 2. The summed E-state index contributed by atoms with van der Waals surface area (Å²) in [4.78, 5) is 44.2. The van der Waals surface area contributed by atoms with E-state index >= 15 is 0 Å². The molecule has 9 heteroatoms. The highest BCUT2D eigenvalue weighted by Crippen LogP contribution is 2.30. The van der Waals surface area contributed by atoms with Crippen LogP contribution in [0.15, 0.2) is 42.5 Å². The Morgan fingerprint density at radius 3 is 2.44 bits per heavy atom. The third-order valence-electron chi connectivity index (χ3n) is 6.17. The second-order valence-corrected chi connectivity index (χ2v) is 10.0. The lowest BCUT2D eigenvalue weighted by atomic mass is 10.1. The van der Waals surface area contributed by atoms with Crippen molar-refractivity contribution >= 4 is 28.8 Å². The number of rotatable bonds is 7. The smallest absolute Gasteiger partial charge is 0.344 e. The van der Waals surface area contributed by atoms with E-state index in [0.717, 1.165) is 18.4 Å². The van der Waals surface area contributed by atoms with E-state index in [-0.39, 0.29) is 31.1 Å². The largest absolute Gasteiger partial charge is 0.480 e. The molecule has 36 heavy (non-hydrogen) atoms. The monoisotopic (exact) mass is 491 g/mol. The van der Waals surface area contributed by atoms with Gasteiger partial charge in [-0.3, -0.25) is 14.5 Å². The lowest BCUT2D eigenvalue weighted by molar-refractivity contribution is -0.157. The fourth-order valence-corrected chi connectivity index (χ4v) is 4.63. The number of nitrogens with zero attached hydrogens (tertiary/aromatic N) is 3. The van der Waals surface area contributed by atoms with E-state index in [9.17, 15) is 14.4 Å². The molecule has 1 fully saturated rings. The maximum Gasteiger partial charge on any atom is 0.344 e. The standard InChI is InChI=1S/C27H29N3O6/c1-27(2,3)36-23(31)16-35-21-12-6-11-20-24(21)28-22(29(20)14-17-8-7-13-34-17)15-30-25(32)18-9-4-5-10-19(18)26(30)33/h4-6,9-12,17H,7-8,13-16H2,1-3H3. The molecule has 1 aromatic heterocycles. The van der Waals surface area contributed by atoms with Crippen molar-refractivity contribution in [2.45, 2.75) is 58.4 Å². The van der Waals surface area contributed by atoms with Gasteiger partial charge in [-0.15, -0.1) is 0 Å². The van der Waals surface area contributed by atoms with Crippen molar-refractivity contribution in [2.24, 2.45) is 0 Å². The number of esters is 1. The number of carbonyl (C=O) groups is 3. The molecule has 1 saturated heterocycles. The van der Waals surface area contributed by atoms with Gasteiger partial charge in [0.2, 0.25) is 0 Å². The summed E-state index contributed by atoms with van der Waals surface area (Å²) in [7, 11) is 0. The van der Waals surface area contributed by atoms with Crippen molar-refractivity contribution in [1.82, 2.24) is 14.5 Å². The van der Waals surface area contributed by atoms with Gasteiger partial charge in [0.15, 0.2) is 6.61 Å². The molecule has 0 N–H and O–H groups in total. The molecular weight excluding hydrogens is 462 g/mol. The number of carbonyl (C=O) groups excluding carboxylic acids is 3. The summed E-state index contributed by atoms with van der Waals surface area (Å²) in [5, 5.41) is 0. The maximum atomic E-state index is 13.0. The molecule has 2 aliphatic heterocycles. The number of aromatic nitrogens is 2. The van der Waals surface area contributed by atoms with Crippen LogP contribution in [0.5, 0.6) is 5.75 Å². The second-order valence-electron chi connectivity index (χ2n) is 10.0. The van der Waals surface area contributed by atoms with Crippen molar-refractivity contribution in [3.8, 4) is 5.75 Å². The van der Waals surface area contributed by atoms with Crippen LogP contribution in [0.1, 0.15) is 60.2 Å². The Kier molecular flexibility index (Phi) is 6.26. The average Bonchev–Trinajstić information content (AvgIpc) is 3.53. The van der Waals surface area contributed by atoms with Gasteiger partial charge in [-0.2, -0.15) is 0 Å². The van der Waals surface area contributed by atoms with Gasteiger partial charge in [0.1, 0.15) is 22.7 Å². The van der Waals surface area contributed by atoms with Crippen LogP contribution in [0.3, 0.4) is 0 Å². The highest BCUT2D eigenvalue weighted by Gasteiger charge is 2.36. The van der Waals surface area contributed by atoms with Crippen LogP contribution >= 0.6 is 0 Å². The summed E-state index contributed by atoms with van der Waals surface area (Å²) < 4.78 is 19.0. The Bertz CT molecular complexity index is 1300. The number of para-hydroxylation sites is 1. The van der Waals surface area contributed by atoms with E-state index in [1.54, 1.807) is 51.1 Å². The van der Waals surface area contributed by atoms with Gasteiger partial charge in [0.25, 0.3) is 11.8 Å². The minimum atomic E-state index is -0.616. The first-order valence-electron chi connectivity index (χ1n) is 12.1. The van der Waals surface area contributed by atoms with E-state index in [2.05, 4.69) is 0 Å². The molecule has 0 radical (unpaired) electrons. The van der Waals surface area contributed by atoms with Crippen molar-refractivity contribution in [1.29, 1.82) is 0 Å². The second kappa shape index (κ2) is 9.39. The molecule has 3 aromatic rings. The third kappa shape index (κ3) is 4.70. The fourth-order valence-electron chi connectivity index (χ4n) is 4.63. The van der Waals surface area contributed by atoms with Crippen LogP contribution in [0.4, 0.5) is 0 Å². The third-order valence-corrected chi connectivity index (χ3v) is 6.17. The molecule has 0 saturated carbocycles. The SMILES string of the molecule is CC(C)(C)OC(=O)COc1cccc2c1nc(CN1C(=O)c3ccccc3C1=O)n2CC1CCCO1. The van der Waals surface area contributed by atoms with Crippen molar-refractivity contribution in [3.05, 3.63) is 59.4 Å². The van der Waals surface area contributed by atoms with Crippen LogP contribution in [0.2, 0.25) is 0 Å². The minimum Gasteiger partial charge on any atom is -0.480 e. The molecule has 1 atom stereocenters. The molecule has 2 aromatic carbocycles. The maximum absolute atomic E-state index is 13.0. The van der Waals surface area contributed by atoms with Crippen LogP contribution in [0.25, 0.3) is 11.0 Å². The molecule has 9 nitrogen and oxygen atoms in total. The van der Waals surface area contributed by atoms with Gasteiger partial charge in [0, 0.05) is 6.61 Å². The van der Waals surface area contributed by atoms with E-state index in [4.69, 9.17) is 19.2 Å². The highest BCUT2D eigenvalue weighted by molar-refractivity contribution is 6.21. The van der Waals surface area contributed by atoms with Crippen molar-refractivity contribution in [2.75, 3.05) is 13.2 Å². The molecule has 2 aliphatic rings. The predicted molar refractivity (Wildman–Crippen MR) is 131 cm³/mol. The number of imide groups is 1. The van der Waals surface area contributed by atoms with Crippen LogP contribution < -0.4 is 4.74 Å². The zero-order valence-electron chi connectivity index (χ0n) is 20.7. The molecular formula is C27H29N3O6. The van der Waals surface area contributed by atoms with Crippen molar-refractivity contribution in [3.63, 3.8) is 0 Å². The molecule has 188 valence electrons. The first kappa shape index (κ1) is 24.0. The summed E-state index contributed by atoms with van der Waals surface area (Å²) in [5.41, 5.74) is 1.50. The quantitative estimate of drug-likeness (QED) is 0.367. The number of hydrogen-bond donors (Lipinski definition) is 0. The molecule has 2 amide bonds. The number of fused-ring (bicyclic) bond motifs is 2. The Balaban J connectivity index is 1.47. The van der Waals surface area contributed by atoms with Gasteiger partial charge in [-0.25, -0.2) is 9.78 Å². The number of hydrogen-bond acceptors (Lipinski definition) is 7. The van der Waals surface area contributed by atoms with Gasteiger partial charge < -0.3 is 18.8 Å². The van der Waals surface area contributed by atoms with Gasteiger partial charge in [0.05, 0.1) is 35.8 Å². The summed E-state index contributed by atoms with van der Waals surface area (Å²) in [6, 6.07) is 12.3. The number of benzene rings is 2. The van der Waals surface area contributed by atoms with Crippen LogP contribution in [-0.4, -0.2) is 57.2 Å². The van der Waals surface area contributed by atoms with Crippen LogP contribution in [-0.2, 0) is 27.4 Å². The molecule has 1 unspecified atom stereocenters. The zero-order valence-corrected chi connectivity index (χ0v) is 20.7. The summed E-state index contributed by atoms with van der Waals surface area (Å²) in [6.07, 6.45) is 1.91. The van der Waals surface area contributed by atoms with Crippen molar-refractivity contribution < 1.29 is 28.6 Å². The zero-order chi connectivity index (χ0) is 25.4. The summed E-state index contributed by atoms with van der Waals surface area (Å²) in [6.45, 7) is 6.37. The Labute approximate surface area is 208 Å². The molecule has 0 spiro atoms.